The molecule has 0 saturated heterocycles. The number of anilines is 2. The average Bonchev–Trinajstić information content (AvgIpc) is 2.94. The molecule has 0 spiro atoms. The number of ether oxygens (including phenoxy) is 1. The molecule has 106 valence electrons. The van der Waals surface area contributed by atoms with E-state index in [-0.39, 0.29) is 0 Å². The van der Waals surface area contributed by atoms with Gasteiger partial charge in [0.15, 0.2) is 0 Å². The largest absolute Gasteiger partial charge is 0.467 e. The molecule has 0 aliphatic carbocycles. The maximum Gasteiger partial charge on any atom is 0.322 e. The van der Waals surface area contributed by atoms with Crippen LogP contribution in [0, 0.1) is 0 Å². The number of hydrogen-bond donors (Lipinski definition) is 1. The molecule has 1 aliphatic heterocycles. The number of nitrogens with zero attached hydrogens (tertiary/aromatic N) is 4. The Morgan fingerprint density at radius 3 is 3.10 bits per heavy atom. The van der Waals surface area contributed by atoms with E-state index in [0.29, 0.717) is 17.9 Å². The molecule has 0 radical (unpaired) electrons. The van der Waals surface area contributed by atoms with Crippen LogP contribution in [0.5, 0.6) is 6.01 Å². The second-order valence-corrected chi connectivity index (χ2v) is 5.52. The number of fused-ring (bicyclic) bond motifs is 1. The molecular weight excluding hydrogens is 274 g/mol. The van der Waals surface area contributed by atoms with Crippen LogP contribution in [-0.4, -0.2) is 35.2 Å². The standard InChI is InChI=1S/C13H17N5OS/c1-3-14-11-15-12(17-13(16-11)19-2)18-6-4-10-9(8-18)5-7-20-10/h5,7H,3-4,6,8H2,1-2H3,(H,14,15,16,17). The van der Waals surface area contributed by atoms with Crippen molar-refractivity contribution >= 4 is 23.2 Å². The molecule has 0 atom stereocenters. The first-order chi connectivity index (χ1) is 9.80. The summed E-state index contributed by atoms with van der Waals surface area (Å²) in [6.07, 6.45) is 1.04. The molecule has 0 amide bonds. The van der Waals surface area contributed by atoms with Gasteiger partial charge in [0.25, 0.3) is 0 Å². The van der Waals surface area contributed by atoms with Crippen LogP contribution in [0.2, 0.25) is 0 Å². The molecule has 0 saturated carbocycles. The lowest BCUT2D eigenvalue weighted by atomic mass is 10.1. The van der Waals surface area contributed by atoms with Gasteiger partial charge in [-0.05, 0) is 30.4 Å². The predicted molar refractivity (Wildman–Crippen MR) is 79.6 cm³/mol. The molecule has 1 N–H and O–H groups in total. The van der Waals surface area contributed by atoms with E-state index in [1.807, 2.05) is 18.3 Å². The minimum absolute atomic E-state index is 0.349. The number of hydrogen-bond acceptors (Lipinski definition) is 7. The smallest absolute Gasteiger partial charge is 0.322 e. The van der Waals surface area contributed by atoms with Crippen LogP contribution in [0.25, 0.3) is 0 Å². The van der Waals surface area contributed by atoms with E-state index in [9.17, 15) is 0 Å². The lowest BCUT2D eigenvalue weighted by Gasteiger charge is -2.27. The van der Waals surface area contributed by atoms with Gasteiger partial charge in [-0.2, -0.15) is 15.0 Å². The van der Waals surface area contributed by atoms with Crippen LogP contribution >= 0.6 is 11.3 Å². The summed E-state index contributed by atoms with van der Waals surface area (Å²) >= 11 is 1.82. The predicted octanol–water partition coefficient (Wildman–Crippen LogP) is 1.94. The van der Waals surface area contributed by atoms with Gasteiger partial charge in [0.05, 0.1) is 7.11 Å². The first-order valence-corrected chi connectivity index (χ1v) is 7.52. The van der Waals surface area contributed by atoms with Crippen molar-refractivity contribution in [2.45, 2.75) is 19.9 Å². The first kappa shape index (κ1) is 13.1. The molecule has 0 aromatic carbocycles. The Labute approximate surface area is 121 Å². The zero-order valence-electron chi connectivity index (χ0n) is 11.6. The summed E-state index contributed by atoms with van der Waals surface area (Å²) in [4.78, 5) is 16.7. The molecule has 0 bridgehead atoms. The van der Waals surface area contributed by atoms with E-state index < -0.39 is 0 Å². The lowest BCUT2D eigenvalue weighted by Crippen LogP contribution is -2.31. The highest BCUT2D eigenvalue weighted by molar-refractivity contribution is 7.10. The van der Waals surface area contributed by atoms with Crippen molar-refractivity contribution in [1.29, 1.82) is 0 Å². The maximum absolute atomic E-state index is 5.16. The summed E-state index contributed by atoms with van der Waals surface area (Å²) in [6, 6.07) is 2.53. The molecule has 7 heteroatoms. The lowest BCUT2D eigenvalue weighted by molar-refractivity contribution is 0.378. The van der Waals surface area contributed by atoms with Crippen molar-refractivity contribution in [3.63, 3.8) is 0 Å². The highest BCUT2D eigenvalue weighted by atomic mass is 32.1. The van der Waals surface area contributed by atoms with E-state index in [2.05, 4.69) is 36.6 Å². The first-order valence-electron chi connectivity index (χ1n) is 6.64. The summed E-state index contributed by atoms with van der Waals surface area (Å²) < 4.78 is 5.16. The van der Waals surface area contributed by atoms with Gasteiger partial charge in [0.2, 0.25) is 11.9 Å². The molecule has 3 heterocycles. The van der Waals surface area contributed by atoms with E-state index in [0.717, 1.165) is 26.1 Å². The minimum Gasteiger partial charge on any atom is -0.467 e. The van der Waals surface area contributed by atoms with Crippen LogP contribution in [0.15, 0.2) is 11.4 Å². The van der Waals surface area contributed by atoms with Crippen molar-refractivity contribution in [3.05, 3.63) is 21.9 Å². The third kappa shape index (κ3) is 2.53. The monoisotopic (exact) mass is 291 g/mol. The van der Waals surface area contributed by atoms with Crippen LogP contribution in [0.4, 0.5) is 11.9 Å². The van der Waals surface area contributed by atoms with E-state index >= 15 is 0 Å². The fourth-order valence-corrected chi connectivity index (χ4v) is 3.12. The third-order valence-electron chi connectivity index (χ3n) is 3.21. The molecule has 0 fully saturated rings. The zero-order valence-corrected chi connectivity index (χ0v) is 12.4. The van der Waals surface area contributed by atoms with E-state index in [4.69, 9.17) is 4.74 Å². The third-order valence-corrected chi connectivity index (χ3v) is 4.23. The molecule has 2 aromatic rings. The van der Waals surface area contributed by atoms with E-state index in [1.165, 1.54) is 10.4 Å². The van der Waals surface area contributed by atoms with Gasteiger partial charge < -0.3 is 15.0 Å². The van der Waals surface area contributed by atoms with E-state index in [1.54, 1.807) is 7.11 Å². The Morgan fingerprint density at radius 1 is 1.40 bits per heavy atom. The van der Waals surface area contributed by atoms with Crippen molar-refractivity contribution in [2.24, 2.45) is 0 Å². The summed E-state index contributed by atoms with van der Waals surface area (Å²) in [5, 5.41) is 5.25. The van der Waals surface area contributed by atoms with Crippen molar-refractivity contribution in [3.8, 4) is 6.01 Å². The van der Waals surface area contributed by atoms with Crippen molar-refractivity contribution in [2.75, 3.05) is 30.4 Å². The highest BCUT2D eigenvalue weighted by Gasteiger charge is 2.20. The van der Waals surface area contributed by atoms with Crippen molar-refractivity contribution < 1.29 is 4.74 Å². The van der Waals surface area contributed by atoms with Gasteiger partial charge in [0, 0.05) is 24.5 Å². The maximum atomic E-state index is 5.16. The average molecular weight is 291 g/mol. The summed E-state index contributed by atoms with van der Waals surface area (Å²) in [6.45, 7) is 4.54. The normalized spacial score (nSPS) is 14.0. The number of thiophene rings is 1. The Bertz CT molecular complexity index is 600. The highest BCUT2D eigenvalue weighted by Crippen LogP contribution is 2.27. The van der Waals surface area contributed by atoms with Gasteiger partial charge in [-0.15, -0.1) is 11.3 Å². The van der Waals surface area contributed by atoms with Crippen LogP contribution < -0.4 is 15.0 Å². The number of nitrogens with one attached hydrogen (secondary N) is 1. The molecular formula is C13H17N5OS. The summed E-state index contributed by atoms with van der Waals surface area (Å²) in [5.41, 5.74) is 1.37. The Hall–Kier alpha value is -1.89. The Balaban J connectivity index is 1.88. The van der Waals surface area contributed by atoms with Crippen molar-refractivity contribution in [1.82, 2.24) is 15.0 Å². The molecule has 3 rings (SSSR count). The Morgan fingerprint density at radius 2 is 2.30 bits per heavy atom. The molecule has 20 heavy (non-hydrogen) atoms. The van der Waals surface area contributed by atoms with Gasteiger partial charge in [0.1, 0.15) is 0 Å². The Kier molecular flexibility index (Phi) is 3.68. The fourth-order valence-electron chi connectivity index (χ4n) is 2.23. The summed E-state index contributed by atoms with van der Waals surface area (Å²) in [7, 11) is 1.57. The van der Waals surface area contributed by atoms with Crippen LogP contribution in [0.3, 0.4) is 0 Å². The van der Waals surface area contributed by atoms with Gasteiger partial charge >= 0.3 is 6.01 Å². The molecule has 2 aromatic heterocycles. The minimum atomic E-state index is 0.349. The summed E-state index contributed by atoms with van der Waals surface area (Å²) in [5.74, 6) is 1.23. The number of methoxy groups -OCH3 is 1. The van der Waals surface area contributed by atoms with Crippen LogP contribution in [0.1, 0.15) is 17.4 Å². The molecule has 1 aliphatic rings. The molecule has 6 nitrogen and oxygen atoms in total. The number of aromatic nitrogens is 3. The quantitative estimate of drug-likeness (QED) is 0.929. The van der Waals surface area contributed by atoms with Gasteiger partial charge in [-0.3, -0.25) is 0 Å². The second-order valence-electron chi connectivity index (χ2n) is 4.52. The SMILES string of the molecule is CCNc1nc(OC)nc(N2CCc3sccc3C2)n1. The fraction of sp³-hybridized carbons (Fsp3) is 0.462. The van der Waals surface area contributed by atoms with Gasteiger partial charge in [-0.25, -0.2) is 0 Å². The van der Waals surface area contributed by atoms with Crippen LogP contribution in [-0.2, 0) is 13.0 Å². The number of rotatable bonds is 4. The molecule has 0 unspecified atom stereocenters. The second kappa shape index (κ2) is 5.62. The zero-order chi connectivity index (χ0) is 13.9. The topological polar surface area (TPSA) is 63.2 Å². The van der Waals surface area contributed by atoms with Gasteiger partial charge in [-0.1, -0.05) is 0 Å².